The first kappa shape index (κ1) is 22.0. The summed E-state index contributed by atoms with van der Waals surface area (Å²) >= 11 is 0. The molecule has 9 heteroatoms. The van der Waals surface area contributed by atoms with Crippen molar-refractivity contribution in [1.29, 1.82) is 0 Å². The zero-order chi connectivity index (χ0) is 23.9. The third kappa shape index (κ3) is 3.67. The van der Waals surface area contributed by atoms with Crippen molar-refractivity contribution in [2.75, 3.05) is 26.9 Å². The van der Waals surface area contributed by atoms with E-state index in [4.69, 9.17) is 14.3 Å². The molecule has 1 unspecified atom stereocenters. The van der Waals surface area contributed by atoms with Gasteiger partial charge in [0.25, 0.3) is 5.72 Å². The number of rotatable bonds is 5. The molecule has 3 heterocycles. The van der Waals surface area contributed by atoms with Gasteiger partial charge in [-0.3, -0.25) is 0 Å². The Hall–Kier alpha value is -3.85. The standard InChI is InChI=1S/C25H25FN4O4/c1-16-8-19(12-20(26)9-16)25(14-31)30-6-7-33-23(24(30)28-34-25)11-18-4-5-21(22(10-18)32-3)29-13-17(2)27-15-29/h4-5,8-13,15,31H,6-7,14H2,1-3H3/b23-11-. The molecule has 1 N–H and O–H groups in total. The Bertz CT molecular complexity index is 1280. The lowest BCUT2D eigenvalue weighted by Gasteiger charge is -2.38. The Labute approximate surface area is 196 Å². The summed E-state index contributed by atoms with van der Waals surface area (Å²) in [4.78, 5) is 11.9. The molecule has 0 saturated carbocycles. The third-order valence-electron chi connectivity index (χ3n) is 5.97. The first-order valence-corrected chi connectivity index (χ1v) is 10.9. The van der Waals surface area contributed by atoms with Crippen molar-refractivity contribution in [3.05, 3.63) is 82.9 Å². The predicted molar refractivity (Wildman–Crippen MR) is 124 cm³/mol. The Kier molecular flexibility index (Phi) is 5.49. The zero-order valence-electron chi connectivity index (χ0n) is 19.2. The minimum Gasteiger partial charge on any atom is -0.495 e. The Morgan fingerprint density at radius 3 is 2.79 bits per heavy atom. The predicted octanol–water partition coefficient (Wildman–Crippen LogP) is 3.50. The molecule has 8 nitrogen and oxygen atoms in total. The smallest absolute Gasteiger partial charge is 0.260 e. The molecule has 34 heavy (non-hydrogen) atoms. The van der Waals surface area contributed by atoms with Crippen molar-refractivity contribution < 1.29 is 23.8 Å². The van der Waals surface area contributed by atoms with E-state index in [1.54, 1.807) is 26.4 Å². The van der Waals surface area contributed by atoms with Crippen molar-refractivity contribution in [2.24, 2.45) is 5.16 Å². The average Bonchev–Trinajstić information content (AvgIpc) is 3.43. The number of amidine groups is 1. The van der Waals surface area contributed by atoms with Crippen LogP contribution in [0.25, 0.3) is 11.8 Å². The van der Waals surface area contributed by atoms with Crippen LogP contribution in [0.3, 0.4) is 0 Å². The van der Waals surface area contributed by atoms with Gasteiger partial charge in [0.1, 0.15) is 24.8 Å². The molecule has 1 atom stereocenters. The number of methoxy groups -OCH3 is 1. The number of morpholine rings is 1. The quantitative estimate of drug-likeness (QED) is 0.623. The van der Waals surface area contributed by atoms with Crippen LogP contribution in [0.15, 0.2) is 59.8 Å². The Morgan fingerprint density at radius 1 is 1.24 bits per heavy atom. The maximum Gasteiger partial charge on any atom is 0.260 e. The first-order valence-electron chi connectivity index (χ1n) is 10.9. The maximum atomic E-state index is 14.2. The van der Waals surface area contributed by atoms with E-state index in [-0.39, 0.29) is 0 Å². The lowest BCUT2D eigenvalue weighted by Crippen LogP contribution is -2.52. The van der Waals surface area contributed by atoms with Crippen LogP contribution in [0.4, 0.5) is 4.39 Å². The van der Waals surface area contributed by atoms with Crippen molar-refractivity contribution in [3.63, 3.8) is 0 Å². The number of aliphatic hydroxyl groups excluding tert-OH is 1. The normalized spacial score (nSPS) is 20.6. The molecule has 1 aromatic heterocycles. The number of hydrogen-bond acceptors (Lipinski definition) is 7. The van der Waals surface area contributed by atoms with E-state index >= 15 is 0 Å². The highest BCUT2D eigenvalue weighted by atomic mass is 19.1. The molecule has 0 spiro atoms. The second kappa shape index (κ2) is 8.49. The van der Waals surface area contributed by atoms with Gasteiger partial charge in [0.05, 0.1) is 31.4 Å². The van der Waals surface area contributed by atoms with Crippen LogP contribution >= 0.6 is 0 Å². The summed E-state index contributed by atoms with van der Waals surface area (Å²) in [6.07, 6.45) is 5.50. The summed E-state index contributed by atoms with van der Waals surface area (Å²) in [6.45, 7) is 4.10. The number of imidazole rings is 1. The molecule has 176 valence electrons. The molecule has 0 aliphatic carbocycles. The third-order valence-corrected chi connectivity index (χ3v) is 5.97. The lowest BCUT2D eigenvalue weighted by molar-refractivity contribution is -0.141. The number of ether oxygens (including phenoxy) is 2. The Morgan fingerprint density at radius 2 is 2.09 bits per heavy atom. The molecule has 0 radical (unpaired) electrons. The van der Waals surface area contributed by atoms with Crippen molar-refractivity contribution in [3.8, 4) is 11.4 Å². The van der Waals surface area contributed by atoms with Gasteiger partial charge in [-0.25, -0.2) is 9.37 Å². The summed E-state index contributed by atoms with van der Waals surface area (Å²) in [5.74, 6) is 1.20. The number of hydrogen-bond donors (Lipinski definition) is 1. The summed E-state index contributed by atoms with van der Waals surface area (Å²) in [7, 11) is 1.61. The van der Waals surface area contributed by atoms with Crippen LogP contribution < -0.4 is 4.74 Å². The number of halogens is 1. The van der Waals surface area contributed by atoms with Crippen LogP contribution in [-0.4, -0.2) is 52.3 Å². The van der Waals surface area contributed by atoms with Gasteiger partial charge < -0.3 is 28.9 Å². The van der Waals surface area contributed by atoms with Gasteiger partial charge >= 0.3 is 0 Å². The second-order valence-electron chi connectivity index (χ2n) is 8.33. The van der Waals surface area contributed by atoms with Gasteiger partial charge in [0, 0.05) is 11.8 Å². The summed E-state index contributed by atoms with van der Waals surface area (Å²) in [5.41, 5.74) is 2.51. The van der Waals surface area contributed by atoms with E-state index < -0.39 is 18.1 Å². The highest BCUT2D eigenvalue weighted by Crippen LogP contribution is 2.39. The number of aryl methyl sites for hydroxylation is 2. The fraction of sp³-hybridized carbons (Fsp3) is 0.280. The van der Waals surface area contributed by atoms with Crippen LogP contribution in [0.1, 0.15) is 22.4 Å². The molecule has 0 amide bonds. The van der Waals surface area contributed by atoms with Crippen LogP contribution in [0.2, 0.25) is 0 Å². The number of nitrogens with zero attached hydrogens (tertiary/aromatic N) is 4. The van der Waals surface area contributed by atoms with Crippen LogP contribution in [0, 0.1) is 19.7 Å². The number of oxime groups is 1. The van der Waals surface area contributed by atoms with Crippen molar-refractivity contribution in [1.82, 2.24) is 14.5 Å². The molecular formula is C25H25FN4O4. The van der Waals surface area contributed by atoms with E-state index in [0.29, 0.717) is 36.1 Å². The molecule has 2 aromatic carbocycles. The maximum absolute atomic E-state index is 14.2. The molecular weight excluding hydrogens is 439 g/mol. The fourth-order valence-corrected chi connectivity index (χ4v) is 4.35. The van der Waals surface area contributed by atoms with Gasteiger partial charge in [-0.2, -0.15) is 0 Å². The van der Waals surface area contributed by atoms with Crippen molar-refractivity contribution in [2.45, 2.75) is 19.6 Å². The van der Waals surface area contributed by atoms with Gasteiger partial charge in [-0.1, -0.05) is 11.2 Å². The monoisotopic (exact) mass is 464 g/mol. The van der Waals surface area contributed by atoms with E-state index in [1.165, 1.54) is 12.1 Å². The molecule has 1 fully saturated rings. The topological polar surface area (TPSA) is 81.3 Å². The van der Waals surface area contributed by atoms with E-state index in [0.717, 1.165) is 22.5 Å². The minimum atomic E-state index is -1.31. The molecule has 2 aliphatic rings. The molecule has 1 saturated heterocycles. The number of fused-ring (bicyclic) bond motifs is 1. The highest BCUT2D eigenvalue weighted by molar-refractivity contribution is 6.01. The van der Waals surface area contributed by atoms with E-state index in [1.807, 2.05) is 46.9 Å². The molecule has 0 bridgehead atoms. The highest BCUT2D eigenvalue weighted by Gasteiger charge is 2.50. The second-order valence-corrected chi connectivity index (χ2v) is 8.33. The van der Waals surface area contributed by atoms with Gasteiger partial charge in [-0.15, -0.1) is 0 Å². The van der Waals surface area contributed by atoms with Gasteiger partial charge in [0.2, 0.25) is 5.84 Å². The largest absolute Gasteiger partial charge is 0.495 e. The molecule has 3 aromatic rings. The van der Waals surface area contributed by atoms with Crippen LogP contribution in [-0.2, 0) is 15.3 Å². The average molecular weight is 464 g/mol. The number of benzene rings is 2. The molecule has 2 aliphatic heterocycles. The SMILES string of the molecule is COc1cc(/C=C2\OCCN3C2=NOC3(CO)c2cc(C)cc(F)c2)ccc1-n1cnc(C)c1. The number of aromatic nitrogens is 2. The van der Waals surface area contributed by atoms with Crippen LogP contribution in [0.5, 0.6) is 5.75 Å². The number of aliphatic hydroxyl groups is 1. The summed E-state index contributed by atoms with van der Waals surface area (Å²) < 4.78 is 27.6. The molecule has 5 rings (SSSR count). The summed E-state index contributed by atoms with van der Waals surface area (Å²) in [5, 5.41) is 14.6. The minimum absolute atomic E-state index is 0.355. The van der Waals surface area contributed by atoms with Gasteiger partial charge in [-0.05, 0) is 61.4 Å². The fourth-order valence-electron chi connectivity index (χ4n) is 4.35. The lowest BCUT2D eigenvalue weighted by atomic mass is 9.98. The van der Waals surface area contributed by atoms with Crippen molar-refractivity contribution >= 4 is 11.9 Å². The van der Waals surface area contributed by atoms with E-state index in [2.05, 4.69) is 10.1 Å². The summed E-state index contributed by atoms with van der Waals surface area (Å²) in [6, 6.07) is 10.4. The Balaban J connectivity index is 1.49. The van der Waals surface area contributed by atoms with Gasteiger partial charge in [0.15, 0.2) is 5.76 Å². The van der Waals surface area contributed by atoms with E-state index in [9.17, 15) is 9.50 Å². The zero-order valence-corrected chi connectivity index (χ0v) is 19.2. The first-order chi connectivity index (χ1) is 16.4.